The van der Waals surface area contributed by atoms with Crippen molar-refractivity contribution in [1.82, 2.24) is 14.8 Å². The first kappa shape index (κ1) is 19.8. The van der Waals surface area contributed by atoms with E-state index >= 15 is 0 Å². The zero-order chi connectivity index (χ0) is 21.4. The van der Waals surface area contributed by atoms with Crippen LogP contribution >= 0.6 is 11.3 Å². The molecule has 4 rings (SSSR count). The second-order valence-corrected chi connectivity index (χ2v) is 8.02. The maximum atomic E-state index is 12.4. The van der Waals surface area contributed by atoms with Crippen LogP contribution in [0.5, 0.6) is 0 Å². The number of thiazole rings is 1. The van der Waals surface area contributed by atoms with Crippen molar-refractivity contribution < 1.29 is 9.59 Å². The van der Waals surface area contributed by atoms with E-state index in [1.165, 1.54) is 11.3 Å². The van der Waals surface area contributed by atoms with Crippen molar-refractivity contribution in [3.8, 4) is 0 Å². The summed E-state index contributed by atoms with van der Waals surface area (Å²) in [5, 5.41) is 7.93. The van der Waals surface area contributed by atoms with Crippen LogP contribution in [-0.2, 0) is 16.0 Å². The van der Waals surface area contributed by atoms with Crippen molar-refractivity contribution in [2.45, 2.75) is 33.6 Å². The van der Waals surface area contributed by atoms with Crippen molar-refractivity contribution in [1.29, 1.82) is 0 Å². The van der Waals surface area contributed by atoms with Gasteiger partial charge >= 0.3 is 0 Å². The molecule has 9 heteroatoms. The zero-order valence-corrected chi connectivity index (χ0v) is 17.7. The van der Waals surface area contributed by atoms with Gasteiger partial charge in [-0.3, -0.25) is 9.59 Å². The monoisotopic (exact) mass is 420 g/mol. The van der Waals surface area contributed by atoms with Gasteiger partial charge in [0.05, 0.1) is 27.2 Å². The Balaban J connectivity index is 1.47. The average molecular weight is 420 g/mol. The van der Waals surface area contributed by atoms with Crippen LogP contribution in [0.25, 0.3) is 10.2 Å². The van der Waals surface area contributed by atoms with Crippen molar-refractivity contribution >= 4 is 50.2 Å². The third-order valence-corrected chi connectivity index (χ3v) is 5.89. The van der Waals surface area contributed by atoms with Gasteiger partial charge in [0.2, 0.25) is 5.91 Å². The summed E-state index contributed by atoms with van der Waals surface area (Å²) in [6.45, 7) is 9.14. The fourth-order valence-corrected chi connectivity index (χ4v) is 4.11. The van der Waals surface area contributed by atoms with Crippen molar-refractivity contribution in [2.24, 2.45) is 9.98 Å². The molecule has 0 spiro atoms. The van der Waals surface area contributed by atoms with Gasteiger partial charge in [-0.2, -0.15) is 10.1 Å². The molecule has 1 aromatic carbocycles. The summed E-state index contributed by atoms with van der Waals surface area (Å²) in [5.74, 6) is -0.312. The maximum absolute atomic E-state index is 12.4. The highest BCUT2D eigenvalue weighted by Crippen LogP contribution is 2.25. The number of aromatic nitrogens is 3. The second kappa shape index (κ2) is 7.75. The number of nitrogens with one attached hydrogen (secondary N) is 1. The fourth-order valence-electron chi connectivity index (χ4n) is 3.23. The number of aliphatic imine (C=N–C) groups is 2. The summed E-state index contributed by atoms with van der Waals surface area (Å²) < 4.78 is 2.58. The smallest absolute Gasteiger partial charge is 0.281 e. The highest BCUT2D eigenvalue weighted by molar-refractivity contribution is 7.22. The van der Waals surface area contributed by atoms with Gasteiger partial charge in [0, 0.05) is 12.1 Å². The van der Waals surface area contributed by atoms with Crippen LogP contribution < -0.4 is 5.32 Å². The highest BCUT2D eigenvalue weighted by atomic mass is 32.1. The molecule has 2 amide bonds. The number of rotatable bonds is 4. The van der Waals surface area contributed by atoms with Gasteiger partial charge in [-0.05, 0) is 44.9 Å². The van der Waals surface area contributed by atoms with Crippen LogP contribution in [0.2, 0.25) is 0 Å². The van der Waals surface area contributed by atoms with E-state index < -0.39 is 5.91 Å². The number of fused-ring (bicyclic) bond motifs is 1. The van der Waals surface area contributed by atoms with E-state index in [4.69, 9.17) is 0 Å². The van der Waals surface area contributed by atoms with Gasteiger partial charge in [0.25, 0.3) is 11.9 Å². The number of para-hydroxylation sites is 1. The summed E-state index contributed by atoms with van der Waals surface area (Å²) in [5.41, 5.74) is 4.18. The SMILES string of the molecule is C=C1C(=O)N=C(n2nc(C)c(CCC(=O)Nc3nc4ccccc4s3)c2C)N=C1C. The molecule has 152 valence electrons. The van der Waals surface area contributed by atoms with Crippen LogP contribution in [0.15, 0.2) is 46.4 Å². The Bertz CT molecular complexity index is 1230. The number of hydrogen-bond donors (Lipinski definition) is 1. The van der Waals surface area contributed by atoms with Gasteiger partial charge < -0.3 is 5.32 Å². The normalized spacial score (nSPS) is 14.1. The third kappa shape index (κ3) is 3.71. The number of aryl methyl sites for hydroxylation is 1. The summed E-state index contributed by atoms with van der Waals surface area (Å²) in [6.07, 6.45) is 0.791. The Morgan fingerprint density at radius 2 is 1.97 bits per heavy atom. The van der Waals surface area contributed by atoms with E-state index in [2.05, 4.69) is 32.0 Å². The molecule has 0 saturated heterocycles. The molecule has 0 fully saturated rings. The maximum Gasteiger partial charge on any atom is 0.281 e. The molecule has 0 aliphatic carbocycles. The molecular formula is C21H20N6O2S. The van der Waals surface area contributed by atoms with Gasteiger partial charge in [0.15, 0.2) is 5.13 Å². The molecule has 0 bridgehead atoms. The lowest BCUT2D eigenvalue weighted by molar-refractivity contribution is -0.116. The minimum atomic E-state index is -0.415. The lowest BCUT2D eigenvalue weighted by Crippen LogP contribution is -2.23. The number of carbonyl (C=O) groups is 2. The average Bonchev–Trinajstić information content (AvgIpc) is 3.24. The zero-order valence-electron chi connectivity index (χ0n) is 16.9. The number of benzene rings is 1. The summed E-state index contributed by atoms with van der Waals surface area (Å²) >= 11 is 1.45. The quantitative estimate of drug-likeness (QED) is 0.653. The molecule has 1 aliphatic heterocycles. The molecule has 2 aromatic heterocycles. The molecule has 3 aromatic rings. The highest BCUT2D eigenvalue weighted by Gasteiger charge is 2.22. The summed E-state index contributed by atoms with van der Waals surface area (Å²) in [6, 6.07) is 7.76. The van der Waals surface area contributed by atoms with E-state index in [-0.39, 0.29) is 23.9 Å². The van der Waals surface area contributed by atoms with Gasteiger partial charge in [-0.15, -0.1) is 0 Å². The molecule has 0 radical (unpaired) electrons. The minimum absolute atomic E-state index is 0.115. The van der Waals surface area contributed by atoms with E-state index in [1.54, 1.807) is 11.6 Å². The van der Waals surface area contributed by atoms with Gasteiger partial charge in [-0.25, -0.2) is 14.7 Å². The van der Waals surface area contributed by atoms with Crippen LogP contribution in [0.4, 0.5) is 5.13 Å². The predicted octanol–water partition coefficient (Wildman–Crippen LogP) is 3.44. The molecule has 8 nitrogen and oxygen atoms in total. The number of nitrogens with zero attached hydrogens (tertiary/aromatic N) is 5. The Labute approximate surface area is 177 Å². The van der Waals surface area contributed by atoms with Crippen LogP contribution in [0, 0.1) is 13.8 Å². The first-order valence-corrected chi connectivity index (χ1v) is 10.2. The van der Waals surface area contributed by atoms with E-state index in [1.807, 2.05) is 38.1 Å². The van der Waals surface area contributed by atoms with Gasteiger partial charge in [-0.1, -0.05) is 30.0 Å². The first-order chi connectivity index (χ1) is 14.3. The summed E-state index contributed by atoms with van der Waals surface area (Å²) in [4.78, 5) is 37.2. The fraction of sp³-hybridized carbons (Fsp3) is 0.238. The third-order valence-electron chi connectivity index (χ3n) is 4.94. The molecule has 30 heavy (non-hydrogen) atoms. The number of anilines is 1. The number of carbonyl (C=O) groups excluding carboxylic acids is 2. The molecule has 0 saturated carbocycles. The van der Waals surface area contributed by atoms with E-state index in [9.17, 15) is 9.59 Å². The molecule has 3 heterocycles. The predicted molar refractivity (Wildman–Crippen MR) is 118 cm³/mol. The van der Waals surface area contributed by atoms with Crippen LogP contribution in [0.1, 0.15) is 30.3 Å². The largest absolute Gasteiger partial charge is 0.302 e. The van der Waals surface area contributed by atoms with Crippen LogP contribution in [-0.4, -0.2) is 38.3 Å². The van der Waals surface area contributed by atoms with Crippen molar-refractivity contribution in [3.05, 3.63) is 53.4 Å². The van der Waals surface area contributed by atoms with Crippen molar-refractivity contribution in [2.75, 3.05) is 5.32 Å². The lowest BCUT2D eigenvalue weighted by Gasteiger charge is -2.11. The molecular weight excluding hydrogens is 400 g/mol. The number of hydrogen-bond acceptors (Lipinski definition) is 6. The topological polar surface area (TPSA) is 102 Å². The van der Waals surface area contributed by atoms with Crippen molar-refractivity contribution in [3.63, 3.8) is 0 Å². The minimum Gasteiger partial charge on any atom is -0.302 e. The van der Waals surface area contributed by atoms with Crippen LogP contribution in [0.3, 0.4) is 0 Å². The molecule has 1 aliphatic rings. The Hall–Kier alpha value is -3.46. The Morgan fingerprint density at radius 3 is 2.70 bits per heavy atom. The van der Waals surface area contributed by atoms with Gasteiger partial charge in [0.1, 0.15) is 0 Å². The lowest BCUT2D eigenvalue weighted by atomic mass is 10.1. The number of amides is 2. The van der Waals surface area contributed by atoms with E-state index in [0.29, 0.717) is 17.3 Å². The molecule has 1 N–H and O–H groups in total. The van der Waals surface area contributed by atoms with E-state index in [0.717, 1.165) is 27.2 Å². The Kier molecular flexibility index (Phi) is 5.13. The molecule has 0 unspecified atom stereocenters. The first-order valence-electron chi connectivity index (χ1n) is 9.42. The second-order valence-electron chi connectivity index (χ2n) is 6.99. The summed E-state index contributed by atoms with van der Waals surface area (Å²) in [7, 11) is 0. The Morgan fingerprint density at radius 1 is 1.20 bits per heavy atom. The standard InChI is InChI=1S/C21H20N6O2S/c1-11-12(2)22-20(25-19(11)29)27-14(4)15(13(3)26-27)9-10-18(28)24-21-23-16-7-5-6-8-17(16)30-21/h5-8H,1,9-10H2,2-4H3,(H,23,24,28). The molecule has 0 atom stereocenters.